The maximum absolute atomic E-state index is 6.00. The van der Waals surface area contributed by atoms with E-state index in [1.807, 2.05) is 36.4 Å². The van der Waals surface area contributed by atoms with E-state index < -0.39 is 0 Å². The zero-order chi connectivity index (χ0) is 14.4. The maximum Gasteiger partial charge on any atom is 0.136 e. The van der Waals surface area contributed by atoms with E-state index >= 15 is 0 Å². The first kappa shape index (κ1) is 12.9. The zero-order valence-corrected chi connectivity index (χ0v) is 13.3. The Morgan fingerprint density at radius 1 is 0.810 bits per heavy atom. The fraction of sp³-hybridized carbons (Fsp3) is 0. The van der Waals surface area contributed by atoms with E-state index in [0.29, 0.717) is 0 Å². The summed E-state index contributed by atoms with van der Waals surface area (Å²) in [5.74, 6) is 0. The molecule has 0 unspecified atom stereocenters. The Kier molecular flexibility index (Phi) is 3.02. The van der Waals surface area contributed by atoms with Crippen LogP contribution in [0.25, 0.3) is 33.1 Å². The third-order valence-corrected chi connectivity index (χ3v) is 4.51. The van der Waals surface area contributed by atoms with E-state index in [1.54, 1.807) is 0 Å². The number of halogens is 2. The van der Waals surface area contributed by atoms with Crippen molar-refractivity contribution in [3.63, 3.8) is 0 Å². The highest BCUT2D eigenvalue weighted by molar-refractivity contribution is 9.10. The summed E-state index contributed by atoms with van der Waals surface area (Å²) in [6.45, 7) is 0. The lowest BCUT2D eigenvalue weighted by Gasteiger charge is -2.05. The van der Waals surface area contributed by atoms with E-state index in [-0.39, 0.29) is 0 Å². The molecular formula is C18H10BrClO. The third-order valence-electron chi connectivity index (χ3n) is 3.62. The van der Waals surface area contributed by atoms with Crippen molar-refractivity contribution >= 4 is 49.5 Å². The van der Waals surface area contributed by atoms with E-state index in [0.717, 1.165) is 42.6 Å². The molecule has 4 rings (SSSR count). The summed E-state index contributed by atoms with van der Waals surface area (Å²) in [5.41, 5.74) is 4.02. The van der Waals surface area contributed by atoms with Crippen LogP contribution in [-0.4, -0.2) is 0 Å². The second-order valence-corrected chi connectivity index (χ2v) is 6.22. The smallest absolute Gasteiger partial charge is 0.136 e. The number of furan rings is 1. The molecule has 21 heavy (non-hydrogen) atoms. The molecule has 1 nitrogen and oxygen atoms in total. The van der Waals surface area contributed by atoms with Crippen molar-refractivity contribution in [3.8, 4) is 11.1 Å². The number of fused-ring (bicyclic) bond motifs is 3. The first-order valence-electron chi connectivity index (χ1n) is 6.59. The first-order chi connectivity index (χ1) is 10.2. The summed E-state index contributed by atoms with van der Waals surface area (Å²) in [7, 11) is 0. The van der Waals surface area contributed by atoms with Crippen LogP contribution in [-0.2, 0) is 0 Å². The molecule has 0 bridgehead atoms. The van der Waals surface area contributed by atoms with Crippen LogP contribution in [0.3, 0.4) is 0 Å². The first-order valence-corrected chi connectivity index (χ1v) is 7.76. The van der Waals surface area contributed by atoms with Crippen molar-refractivity contribution in [1.82, 2.24) is 0 Å². The Morgan fingerprint density at radius 3 is 2.48 bits per heavy atom. The zero-order valence-electron chi connectivity index (χ0n) is 10.9. The number of hydrogen-bond acceptors (Lipinski definition) is 1. The lowest BCUT2D eigenvalue weighted by molar-refractivity contribution is 0.669. The molecule has 0 saturated heterocycles. The number of benzene rings is 3. The molecule has 3 aromatic carbocycles. The van der Waals surface area contributed by atoms with Crippen molar-refractivity contribution in [2.45, 2.75) is 0 Å². The van der Waals surface area contributed by atoms with Gasteiger partial charge in [-0.15, -0.1) is 0 Å². The SMILES string of the molecule is Clc1ccc(-c2ccc3c(c2)oc2ccccc23)c(Br)c1. The highest BCUT2D eigenvalue weighted by Crippen LogP contribution is 2.35. The number of hydrogen-bond donors (Lipinski definition) is 0. The van der Waals surface area contributed by atoms with Gasteiger partial charge in [0.2, 0.25) is 0 Å². The molecule has 1 heterocycles. The molecular weight excluding hydrogens is 348 g/mol. The minimum absolute atomic E-state index is 0.718. The van der Waals surface area contributed by atoms with Gasteiger partial charge in [0.1, 0.15) is 11.2 Å². The van der Waals surface area contributed by atoms with E-state index in [9.17, 15) is 0 Å². The van der Waals surface area contributed by atoms with Gasteiger partial charge in [-0.05, 0) is 41.5 Å². The Labute approximate surface area is 135 Å². The lowest BCUT2D eigenvalue weighted by Crippen LogP contribution is -1.80. The van der Waals surface area contributed by atoms with Gasteiger partial charge in [-0.1, -0.05) is 57.9 Å². The quantitative estimate of drug-likeness (QED) is 0.371. The van der Waals surface area contributed by atoms with Crippen LogP contribution in [0.1, 0.15) is 0 Å². The molecule has 0 aliphatic carbocycles. The summed E-state index contributed by atoms with van der Waals surface area (Å²) in [6, 6.07) is 20.2. The summed E-state index contributed by atoms with van der Waals surface area (Å²) in [4.78, 5) is 0. The van der Waals surface area contributed by atoms with Crippen molar-refractivity contribution in [3.05, 3.63) is 70.2 Å². The molecule has 0 aliphatic rings. The molecule has 1 aromatic heterocycles. The second-order valence-electron chi connectivity index (χ2n) is 4.93. The molecule has 0 saturated carbocycles. The second kappa shape index (κ2) is 4.90. The maximum atomic E-state index is 6.00. The summed E-state index contributed by atoms with van der Waals surface area (Å²) in [5, 5.41) is 3.00. The molecule has 4 aromatic rings. The fourth-order valence-electron chi connectivity index (χ4n) is 2.62. The van der Waals surface area contributed by atoms with Crippen LogP contribution >= 0.6 is 27.5 Å². The number of para-hydroxylation sites is 1. The third kappa shape index (κ3) is 2.15. The largest absolute Gasteiger partial charge is 0.456 e. The minimum atomic E-state index is 0.718. The monoisotopic (exact) mass is 356 g/mol. The van der Waals surface area contributed by atoms with Gasteiger partial charge in [0.05, 0.1) is 0 Å². The van der Waals surface area contributed by atoms with Gasteiger partial charge in [0.15, 0.2) is 0 Å². The van der Waals surface area contributed by atoms with Gasteiger partial charge >= 0.3 is 0 Å². The normalized spacial score (nSPS) is 11.3. The topological polar surface area (TPSA) is 13.1 Å². The average molecular weight is 358 g/mol. The van der Waals surface area contributed by atoms with Crippen molar-refractivity contribution in [2.24, 2.45) is 0 Å². The van der Waals surface area contributed by atoms with Crippen molar-refractivity contribution in [2.75, 3.05) is 0 Å². The van der Waals surface area contributed by atoms with Crippen LogP contribution in [0.5, 0.6) is 0 Å². The molecule has 3 heteroatoms. The van der Waals surface area contributed by atoms with Gasteiger partial charge in [-0.25, -0.2) is 0 Å². The molecule has 0 aliphatic heterocycles. The average Bonchev–Trinajstić information content (AvgIpc) is 2.84. The summed E-state index contributed by atoms with van der Waals surface area (Å²) >= 11 is 9.57. The van der Waals surface area contributed by atoms with Gasteiger partial charge in [0.25, 0.3) is 0 Å². The molecule has 0 spiro atoms. The molecule has 102 valence electrons. The lowest BCUT2D eigenvalue weighted by atomic mass is 10.0. The molecule has 0 atom stereocenters. The van der Waals surface area contributed by atoms with Crippen LogP contribution in [0.2, 0.25) is 5.02 Å². The van der Waals surface area contributed by atoms with E-state index in [4.69, 9.17) is 16.0 Å². The highest BCUT2D eigenvalue weighted by Gasteiger charge is 2.09. The fourth-order valence-corrected chi connectivity index (χ4v) is 3.53. The van der Waals surface area contributed by atoms with Crippen LogP contribution in [0.15, 0.2) is 69.6 Å². The Hall–Kier alpha value is -1.77. The van der Waals surface area contributed by atoms with Crippen LogP contribution in [0.4, 0.5) is 0 Å². The van der Waals surface area contributed by atoms with Gasteiger partial charge in [-0.3, -0.25) is 0 Å². The van der Waals surface area contributed by atoms with Gasteiger partial charge in [0, 0.05) is 20.3 Å². The number of rotatable bonds is 1. The predicted octanol–water partition coefficient (Wildman–Crippen LogP) is 6.67. The highest BCUT2D eigenvalue weighted by atomic mass is 79.9. The Morgan fingerprint density at radius 2 is 1.62 bits per heavy atom. The van der Waals surface area contributed by atoms with Crippen LogP contribution < -0.4 is 0 Å². The molecule has 0 fully saturated rings. The molecule has 0 amide bonds. The summed E-state index contributed by atoms with van der Waals surface area (Å²) < 4.78 is 6.91. The van der Waals surface area contributed by atoms with Crippen LogP contribution in [0, 0.1) is 0 Å². The van der Waals surface area contributed by atoms with E-state index in [2.05, 4.69) is 40.2 Å². The summed E-state index contributed by atoms with van der Waals surface area (Å²) in [6.07, 6.45) is 0. The van der Waals surface area contributed by atoms with E-state index in [1.165, 1.54) is 0 Å². The minimum Gasteiger partial charge on any atom is -0.456 e. The molecule has 0 radical (unpaired) electrons. The van der Waals surface area contributed by atoms with Crippen molar-refractivity contribution < 1.29 is 4.42 Å². The van der Waals surface area contributed by atoms with Gasteiger partial charge < -0.3 is 4.42 Å². The Balaban J connectivity index is 1.96. The Bertz CT molecular complexity index is 971. The standard InChI is InChI=1S/C18H10BrClO/c19-16-10-12(20)6-8-13(16)11-5-7-15-14-3-1-2-4-17(14)21-18(15)9-11/h1-10H. The van der Waals surface area contributed by atoms with Gasteiger partial charge in [-0.2, -0.15) is 0 Å². The predicted molar refractivity (Wildman–Crippen MR) is 91.9 cm³/mol. The molecule has 0 N–H and O–H groups in total. The van der Waals surface area contributed by atoms with Crippen molar-refractivity contribution in [1.29, 1.82) is 0 Å².